The minimum atomic E-state index is -0.502. The van der Waals surface area contributed by atoms with Crippen molar-refractivity contribution in [3.8, 4) is 0 Å². The summed E-state index contributed by atoms with van der Waals surface area (Å²) in [7, 11) is 0. The molecule has 2 aromatic rings. The number of rotatable bonds is 4. The van der Waals surface area contributed by atoms with Gasteiger partial charge in [-0.2, -0.15) is 0 Å². The van der Waals surface area contributed by atoms with Crippen LogP contribution in [0, 0.1) is 23.0 Å². The molecule has 1 heterocycles. The number of hydrogen-bond donors (Lipinski definition) is 1. The van der Waals surface area contributed by atoms with E-state index in [0.29, 0.717) is 16.4 Å². The summed E-state index contributed by atoms with van der Waals surface area (Å²) < 4.78 is 0. The Bertz CT molecular complexity index is 883. The molecule has 1 atom stereocenters. The molecule has 0 radical (unpaired) electrons. The molecular formula is C18H16ClN3O4. The molecule has 0 bridgehead atoms. The Kier molecular flexibility index (Phi) is 4.90. The monoisotopic (exact) mass is 373 g/mol. The Hall–Kier alpha value is -2.93. The van der Waals surface area contributed by atoms with E-state index >= 15 is 0 Å². The van der Waals surface area contributed by atoms with Crippen molar-refractivity contribution in [1.82, 2.24) is 0 Å². The highest BCUT2D eigenvalue weighted by atomic mass is 35.5. The Morgan fingerprint density at radius 3 is 2.58 bits per heavy atom. The van der Waals surface area contributed by atoms with Gasteiger partial charge in [-0.3, -0.25) is 19.7 Å². The zero-order valence-electron chi connectivity index (χ0n) is 13.9. The summed E-state index contributed by atoms with van der Waals surface area (Å²) in [5, 5.41) is 14.1. The van der Waals surface area contributed by atoms with E-state index in [0.717, 1.165) is 5.56 Å². The highest BCUT2D eigenvalue weighted by molar-refractivity contribution is 6.31. The van der Waals surface area contributed by atoms with Crippen molar-refractivity contribution in [1.29, 1.82) is 0 Å². The predicted octanol–water partition coefficient (Wildman–Crippen LogP) is 3.55. The summed E-state index contributed by atoms with van der Waals surface area (Å²) in [4.78, 5) is 36.4. The molecule has 1 aliphatic rings. The van der Waals surface area contributed by atoms with Crippen LogP contribution in [0.2, 0.25) is 5.02 Å². The van der Waals surface area contributed by atoms with Crippen molar-refractivity contribution >= 4 is 40.5 Å². The second-order valence-electron chi connectivity index (χ2n) is 6.13. The Morgan fingerprint density at radius 1 is 1.27 bits per heavy atom. The summed E-state index contributed by atoms with van der Waals surface area (Å²) >= 11 is 6.06. The van der Waals surface area contributed by atoms with E-state index in [-0.39, 0.29) is 30.5 Å². The van der Waals surface area contributed by atoms with E-state index in [1.165, 1.54) is 29.2 Å². The quantitative estimate of drug-likeness (QED) is 0.655. The molecule has 0 aliphatic carbocycles. The third-order valence-corrected chi connectivity index (χ3v) is 4.71. The lowest BCUT2D eigenvalue weighted by Gasteiger charge is -2.16. The molecule has 0 unspecified atom stereocenters. The molecule has 134 valence electrons. The van der Waals surface area contributed by atoms with Gasteiger partial charge in [0.1, 0.15) is 0 Å². The van der Waals surface area contributed by atoms with E-state index < -0.39 is 10.8 Å². The molecule has 1 aliphatic heterocycles. The number of non-ortho nitro benzene ring substituents is 1. The van der Waals surface area contributed by atoms with Crippen LogP contribution in [0.5, 0.6) is 0 Å². The fourth-order valence-corrected chi connectivity index (χ4v) is 2.98. The largest absolute Gasteiger partial charge is 0.326 e. The van der Waals surface area contributed by atoms with Crippen LogP contribution in [-0.2, 0) is 9.59 Å². The standard InChI is InChI=1S/C18H16ClN3O4/c1-11-2-3-13(9-16(11)19)20-18(24)12-8-17(23)21(10-12)14-4-6-15(7-5-14)22(25)26/h2-7,9,12H,8,10H2,1H3,(H,20,24)/t12-/m1/s1. The maximum Gasteiger partial charge on any atom is 0.269 e. The van der Waals surface area contributed by atoms with Gasteiger partial charge in [-0.15, -0.1) is 0 Å². The van der Waals surface area contributed by atoms with E-state index in [4.69, 9.17) is 11.6 Å². The lowest BCUT2D eigenvalue weighted by molar-refractivity contribution is -0.384. The van der Waals surface area contributed by atoms with E-state index in [9.17, 15) is 19.7 Å². The van der Waals surface area contributed by atoms with Gasteiger partial charge in [-0.05, 0) is 36.8 Å². The molecule has 0 aromatic heterocycles. The molecule has 8 heteroatoms. The number of nitro benzene ring substituents is 1. The van der Waals surface area contributed by atoms with Gasteiger partial charge in [0, 0.05) is 41.5 Å². The average molecular weight is 374 g/mol. The number of carbonyl (C=O) groups is 2. The summed E-state index contributed by atoms with van der Waals surface area (Å²) in [6.45, 7) is 2.09. The van der Waals surface area contributed by atoms with Crippen molar-refractivity contribution in [3.05, 3.63) is 63.2 Å². The average Bonchev–Trinajstić information content (AvgIpc) is 3.00. The number of hydrogen-bond acceptors (Lipinski definition) is 4. The molecule has 2 aromatic carbocycles. The summed E-state index contributed by atoms with van der Waals surface area (Å²) in [6, 6.07) is 10.9. The number of nitrogens with zero attached hydrogens (tertiary/aromatic N) is 2. The normalized spacial score (nSPS) is 16.6. The van der Waals surface area contributed by atoms with Gasteiger partial charge in [0.05, 0.1) is 10.8 Å². The lowest BCUT2D eigenvalue weighted by Crippen LogP contribution is -2.28. The number of aryl methyl sites for hydroxylation is 1. The fourth-order valence-electron chi connectivity index (χ4n) is 2.80. The number of nitro groups is 1. The van der Waals surface area contributed by atoms with Gasteiger partial charge in [0.2, 0.25) is 11.8 Å². The molecule has 0 spiro atoms. The number of anilines is 2. The van der Waals surface area contributed by atoms with Crippen molar-refractivity contribution in [2.24, 2.45) is 5.92 Å². The first-order valence-corrected chi connectivity index (χ1v) is 8.35. The third-order valence-electron chi connectivity index (χ3n) is 4.31. The number of benzene rings is 2. The molecule has 0 saturated carbocycles. The number of nitrogens with one attached hydrogen (secondary N) is 1. The van der Waals surface area contributed by atoms with Gasteiger partial charge in [0.15, 0.2) is 0 Å². The smallest absolute Gasteiger partial charge is 0.269 e. The second kappa shape index (κ2) is 7.13. The zero-order chi connectivity index (χ0) is 18.8. The number of carbonyl (C=O) groups excluding carboxylic acids is 2. The van der Waals surface area contributed by atoms with Crippen molar-refractivity contribution in [3.63, 3.8) is 0 Å². The molecule has 7 nitrogen and oxygen atoms in total. The van der Waals surface area contributed by atoms with Gasteiger partial charge in [-0.25, -0.2) is 0 Å². The molecule has 1 fully saturated rings. The van der Waals surface area contributed by atoms with Gasteiger partial charge >= 0.3 is 0 Å². The minimum Gasteiger partial charge on any atom is -0.326 e. The molecule has 1 saturated heterocycles. The summed E-state index contributed by atoms with van der Waals surface area (Å²) in [5.74, 6) is -0.957. The van der Waals surface area contributed by atoms with Crippen molar-refractivity contribution < 1.29 is 14.5 Å². The van der Waals surface area contributed by atoms with Crippen LogP contribution in [0.25, 0.3) is 0 Å². The molecular weight excluding hydrogens is 358 g/mol. The Labute approximate surface area is 154 Å². The highest BCUT2D eigenvalue weighted by Gasteiger charge is 2.35. The van der Waals surface area contributed by atoms with Crippen LogP contribution < -0.4 is 10.2 Å². The van der Waals surface area contributed by atoms with E-state index in [1.54, 1.807) is 18.2 Å². The van der Waals surface area contributed by atoms with E-state index in [2.05, 4.69) is 5.32 Å². The van der Waals surface area contributed by atoms with Crippen molar-refractivity contribution in [2.75, 3.05) is 16.8 Å². The number of halogens is 1. The third kappa shape index (κ3) is 3.67. The first-order chi connectivity index (χ1) is 12.3. The van der Waals surface area contributed by atoms with Crippen LogP contribution in [0.4, 0.5) is 17.1 Å². The van der Waals surface area contributed by atoms with Crippen LogP contribution in [0.1, 0.15) is 12.0 Å². The van der Waals surface area contributed by atoms with Crippen LogP contribution in [-0.4, -0.2) is 23.3 Å². The Morgan fingerprint density at radius 2 is 1.96 bits per heavy atom. The maximum absolute atomic E-state index is 12.5. The first-order valence-electron chi connectivity index (χ1n) is 7.97. The number of amides is 2. The van der Waals surface area contributed by atoms with Gasteiger partial charge < -0.3 is 10.2 Å². The topological polar surface area (TPSA) is 92.6 Å². The second-order valence-corrected chi connectivity index (χ2v) is 6.54. The molecule has 2 amide bonds. The zero-order valence-corrected chi connectivity index (χ0v) is 14.7. The SMILES string of the molecule is Cc1ccc(NC(=O)[C@@H]2CC(=O)N(c3ccc([N+](=O)[O-])cc3)C2)cc1Cl. The van der Waals surface area contributed by atoms with Gasteiger partial charge in [0.25, 0.3) is 5.69 Å². The minimum absolute atomic E-state index is 0.0501. The fraction of sp³-hybridized carbons (Fsp3) is 0.222. The van der Waals surface area contributed by atoms with Gasteiger partial charge in [-0.1, -0.05) is 17.7 Å². The first kappa shape index (κ1) is 17.9. The van der Waals surface area contributed by atoms with Crippen molar-refractivity contribution in [2.45, 2.75) is 13.3 Å². The molecule has 26 heavy (non-hydrogen) atoms. The summed E-state index contributed by atoms with van der Waals surface area (Å²) in [6.07, 6.45) is 0.0857. The molecule has 1 N–H and O–H groups in total. The lowest BCUT2D eigenvalue weighted by atomic mass is 10.1. The Balaban J connectivity index is 1.69. The summed E-state index contributed by atoms with van der Waals surface area (Å²) in [5.41, 5.74) is 1.97. The van der Waals surface area contributed by atoms with Crippen LogP contribution >= 0.6 is 11.6 Å². The van der Waals surface area contributed by atoms with E-state index in [1.807, 2.05) is 6.92 Å². The molecule has 3 rings (SSSR count). The predicted molar refractivity (Wildman–Crippen MR) is 98.4 cm³/mol. The van der Waals surface area contributed by atoms with Crippen LogP contribution in [0.3, 0.4) is 0 Å². The highest BCUT2D eigenvalue weighted by Crippen LogP contribution is 2.28. The van der Waals surface area contributed by atoms with Crippen LogP contribution in [0.15, 0.2) is 42.5 Å². The maximum atomic E-state index is 12.5.